The fourth-order valence-corrected chi connectivity index (χ4v) is 5.37. The molecule has 2 aromatic heterocycles. The highest BCUT2D eigenvalue weighted by atomic mass is 32.2. The molecule has 0 amide bonds. The molecule has 2 N–H and O–H groups in total. The highest BCUT2D eigenvalue weighted by Gasteiger charge is 2.20. The van der Waals surface area contributed by atoms with Crippen molar-refractivity contribution in [1.82, 2.24) is 19.5 Å². The Morgan fingerprint density at radius 2 is 1.35 bits per heavy atom. The van der Waals surface area contributed by atoms with Crippen molar-refractivity contribution in [3.63, 3.8) is 0 Å². The Morgan fingerprint density at radius 1 is 0.811 bits per heavy atom. The van der Waals surface area contributed by atoms with Gasteiger partial charge in [-0.15, -0.1) is 0 Å². The number of thiol groups is 2. The Bertz CT molecular complexity index is 845. The third kappa shape index (κ3) is 14.1. The largest absolute Gasteiger partial charge is 0.382 e. The number of fused-ring (bicyclic) bond motifs is 1. The van der Waals surface area contributed by atoms with Gasteiger partial charge in [0.05, 0.1) is 23.1 Å². The van der Waals surface area contributed by atoms with Gasteiger partial charge in [-0.05, 0) is 19.8 Å². The summed E-state index contributed by atoms with van der Waals surface area (Å²) in [5.41, 5.74) is 7.25. The van der Waals surface area contributed by atoms with Crippen molar-refractivity contribution in [2.24, 2.45) is 0 Å². The fraction of sp³-hybridized carbons (Fsp3) is 0.828. The maximum atomic E-state index is 6.04. The van der Waals surface area contributed by atoms with E-state index in [1.165, 1.54) is 109 Å². The first-order valence-corrected chi connectivity index (χ1v) is 15.8. The average Bonchev–Trinajstić information content (AvgIpc) is 3.27. The zero-order valence-corrected chi connectivity index (χ0v) is 25.3. The van der Waals surface area contributed by atoms with E-state index in [-0.39, 0.29) is 10.2 Å². The number of nitrogens with two attached hydrogens (primary N) is 1. The van der Waals surface area contributed by atoms with Crippen LogP contribution in [0.5, 0.6) is 0 Å². The van der Waals surface area contributed by atoms with E-state index >= 15 is 0 Å². The molecule has 0 unspecified atom stereocenters. The van der Waals surface area contributed by atoms with E-state index < -0.39 is 0 Å². The Kier molecular flexibility index (Phi) is 16.7. The summed E-state index contributed by atoms with van der Waals surface area (Å²) in [6.07, 6.45) is 27.3. The molecule has 2 heterocycles. The molecule has 0 radical (unpaired) electrons. The van der Waals surface area contributed by atoms with Gasteiger partial charge >= 0.3 is 0 Å². The monoisotopic (exact) mass is 551 g/mol. The quantitative estimate of drug-likeness (QED) is 0.0734. The molecule has 6 nitrogen and oxygen atoms in total. The predicted octanol–water partition coefficient (Wildman–Crippen LogP) is 8.41. The number of hydrogen-bond donors (Lipinski definition) is 3. The number of rotatable bonds is 23. The number of aromatic nitrogens is 4. The van der Waals surface area contributed by atoms with Crippen LogP contribution in [0.3, 0.4) is 0 Å². The number of imidazole rings is 1. The number of unbranched alkanes of at least 4 members (excludes halogenated alkanes) is 15. The highest BCUT2D eigenvalue weighted by Crippen LogP contribution is 2.31. The molecule has 0 saturated heterocycles. The SMILES string of the molecule is CCCCCCCCCCCCCCCCCCC(S)(S)CCO[C@H](C)Cn1cnc2c(N)ncnc21. The van der Waals surface area contributed by atoms with E-state index in [0.29, 0.717) is 24.5 Å². The Hall–Kier alpha value is -0.990. The topological polar surface area (TPSA) is 78.9 Å². The molecular weight excluding hydrogens is 498 g/mol. The average molecular weight is 552 g/mol. The van der Waals surface area contributed by atoms with E-state index in [0.717, 1.165) is 18.5 Å². The molecule has 0 bridgehead atoms. The summed E-state index contributed by atoms with van der Waals surface area (Å²) in [7, 11) is 0. The first-order chi connectivity index (χ1) is 17.9. The third-order valence-corrected chi connectivity index (χ3v) is 8.11. The van der Waals surface area contributed by atoms with Gasteiger partial charge in [0.15, 0.2) is 11.5 Å². The molecule has 1 atom stereocenters. The molecule has 0 aliphatic heterocycles. The summed E-state index contributed by atoms with van der Waals surface area (Å²) >= 11 is 9.61. The lowest BCUT2D eigenvalue weighted by Gasteiger charge is -2.23. The van der Waals surface area contributed by atoms with Crippen LogP contribution in [0.15, 0.2) is 12.7 Å². The van der Waals surface area contributed by atoms with E-state index in [1.807, 2.05) is 4.57 Å². The lowest BCUT2D eigenvalue weighted by Crippen LogP contribution is -2.21. The second-order valence-corrected chi connectivity index (χ2v) is 12.9. The smallest absolute Gasteiger partial charge is 0.165 e. The van der Waals surface area contributed by atoms with Crippen LogP contribution < -0.4 is 5.73 Å². The summed E-state index contributed by atoms with van der Waals surface area (Å²) in [6, 6.07) is 0. The van der Waals surface area contributed by atoms with Crippen molar-refractivity contribution < 1.29 is 4.74 Å². The second kappa shape index (κ2) is 19.1. The molecule has 0 aliphatic carbocycles. The molecule has 0 spiro atoms. The van der Waals surface area contributed by atoms with Crippen molar-refractivity contribution in [3.8, 4) is 0 Å². The summed E-state index contributed by atoms with van der Waals surface area (Å²) < 4.78 is 7.72. The molecule has 212 valence electrons. The van der Waals surface area contributed by atoms with Crippen LogP contribution in [0.1, 0.15) is 129 Å². The zero-order chi connectivity index (χ0) is 26.8. The minimum Gasteiger partial charge on any atom is -0.382 e. The zero-order valence-electron chi connectivity index (χ0n) is 23.5. The van der Waals surface area contributed by atoms with Crippen LogP contribution in [0, 0.1) is 0 Å². The van der Waals surface area contributed by atoms with Crippen LogP contribution >= 0.6 is 25.3 Å². The summed E-state index contributed by atoms with van der Waals surface area (Å²) in [5.74, 6) is 0.404. The van der Waals surface area contributed by atoms with E-state index in [9.17, 15) is 0 Å². The molecule has 37 heavy (non-hydrogen) atoms. The second-order valence-electron chi connectivity index (χ2n) is 10.8. The number of anilines is 1. The van der Waals surface area contributed by atoms with Gasteiger partial charge in [-0.2, -0.15) is 25.3 Å². The lowest BCUT2D eigenvalue weighted by molar-refractivity contribution is 0.0519. The predicted molar refractivity (Wildman–Crippen MR) is 165 cm³/mol. The minimum absolute atomic E-state index is 0.0293. The normalized spacial score (nSPS) is 13.0. The number of nitrogens with zero attached hydrogens (tertiary/aromatic N) is 4. The molecule has 8 heteroatoms. The molecule has 0 aromatic carbocycles. The Balaban J connectivity index is 1.41. The van der Waals surface area contributed by atoms with Crippen LogP contribution in [-0.4, -0.2) is 36.3 Å². The van der Waals surface area contributed by atoms with E-state index in [4.69, 9.17) is 35.7 Å². The molecular formula is C29H53N5OS2. The van der Waals surface area contributed by atoms with Gasteiger partial charge in [0.2, 0.25) is 0 Å². The summed E-state index contributed by atoms with van der Waals surface area (Å²) in [4.78, 5) is 12.6. The summed E-state index contributed by atoms with van der Waals surface area (Å²) in [5, 5.41) is 0. The molecule has 2 aromatic rings. The van der Waals surface area contributed by atoms with Crippen LogP contribution in [0.25, 0.3) is 11.2 Å². The van der Waals surface area contributed by atoms with Gasteiger partial charge in [-0.25, -0.2) is 15.0 Å². The van der Waals surface area contributed by atoms with Crippen LogP contribution in [0.2, 0.25) is 0 Å². The number of nitrogen functional groups attached to an aromatic ring is 1. The molecule has 2 rings (SSSR count). The number of hydrogen-bond acceptors (Lipinski definition) is 7. The van der Waals surface area contributed by atoms with Gasteiger partial charge in [-0.3, -0.25) is 0 Å². The van der Waals surface area contributed by atoms with Gasteiger partial charge in [-0.1, -0.05) is 110 Å². The Morgan fingerprint density at radius 3 is 1.92 bits per heavy atom. The van der Waals surface area contributed by atoms with Crippen molar-refractivity contribution in [3.05, 3.63) is 12.7 Å². The maximum absolute atomic E-state index is 6.04. The molecule has 0 fully saturated rings. The molecule has 0 saturated carbocycles. The molecule has 0 aliphatic rings. The number of ether oxygens (including phenoxy) is 1. The van der Waals surface area contributed by atoms with Gasteiger partial charge in [0, 0.05) is 6.61 Å². The maximum Gasteiger partial charge on any atom is 0.165 e. The van der Waals surface area contributed by atoms with Gasteiger partial charge < -0.3 is 15.0 Å². The standard InChI is InChI=1S/C29H53N5OS2/c1-3-4-5-6-7-8-9-10-11-12-13-14-15-16-17-18-19-29(36,37)20-21-35-25(2)22-34-24-33-26-27(30)31-23-32-28(26)34/h23-25,36-37H,3-22H2,1-2H3,(H2,30,31,32)/t25-/m1/s1. The minimum atomic E-state index is -0.279. The van der Waals surface area contributed by atoms with E-state index in [1.54, 1.807) is 6.33 Å². The Labute approximate surface area is 237 Å². The first kappa shape index (κ1) is 32.2. The van der Waals surface area contributed by atoms with Crippen LogP contribution in [-0.2, 0) is 11.3 Å². The van der Waals surface area contributed by atoms with Crippen molar-refractivity contribution in [1.29, 1.82) is 0 Å². The first-order valence-electron chi connectivity index (χ1n) is 14.9. The third-order valence-electron chi connectivity index (χ3n) is 7.22. The van der Waals surface area contributed by atoms with Crippen molar-refractivity contribution >= 4 is 42.2 Å². The summed E-state index contributed by atoms with van der Waals surface area (Å²) in [6.45, 7) is 5.65. The van der Waals surface area contributed by atoms with E-state index in [2.05, 4.69) is 28.8 Å². The van der Waals surface area contributed by atoms with Crippen molar-refractivity contribution in [2.75, 3.05) is 12.3 Å². The van der Waals surface area contributed by atoms with Gasteiger partial charge in [0.25, 0.3) is 0 Å². The van der Waals surface area contributed by atoms with Crippen molar-refractivity contribution in [2.45, 2.75) is 146 Å². The fourth-order valence-electron chi connectivity index (χ4n) is 4.87. The lowest BCUT2D eigenvalue weighted by atomic mass is 10.0. The van der Waals surface area contributed by atoms with Gasteiger partial charge in [0.1, 0.15) is 11.8 Å². The van der Waals surface area contributed by atoms with Crippen LogP contribution in [0.4, 0.5) is 5.82 Å². The highest BCUT2D eigenvalue weighted by molar-refractivity contribution is 8.00.